The first-order chi connectivity index (χ1) is 17.2. The van der Waals surface area contributed by atoms with Crippen LogP contribution < -0.4 is 15.2 Å². The summed E-state index contributed by atoms with van der Waals surface area (Å²) in [6.07, 6.45) is 2.71. The Labute approximate surface area is 207 Å². The van der Waals surface area contributed by atoms with Gasteiger partial charge in [0.25, 0.3) is 0 Å². The molecule has 2 heterocycles. The lowest BCUT2D eigenvalue weighted by Gasteiger charge is -2.22. The minimum Gasteiger partial charge on any atom is -0.489 e. The predicted molar refractivity (Wildman–Crippen MR) is 123 cm³/mol. The number of likely N-dealkylation sites (tertiary alicyclic amines) is 1. The molecule has 3 atom stereocenters. The first-order valence-electron chi connectivity index (χ1n) is 11.8. The SMILES string of the molecule is CC(=O)N1C[C@H](c2ccc(OC(F)F)c(OCC3CC3)c2)C[C@@H]1COC(=O)c1ccc(C(N)O)cn1. The first kappa shape index (κ1) is 25.8. The molecule has 1 saturated heterocycles. The van der Waals surface area contributed by atoms with Crippen LogP contribution in [0.2, 0.25) is 0 Å². The number of pyridine rings is 1. The molecule has 9 nitrogen and oxygen atoms in total. The number of halogens is 2. The summed E-state index contributed by atoms with van der Waals surface area (Å²) in [5.74, 6) is -0.282. The van der Waals surface area contributed by atoms with Crippen molar-refractivity contribution >= 4 is 11.9 Å². The van der Waals surface area contributed by atoms with Gasteiger partial charge in [0.05, 0.1) is 12.6 Å². The molecule has 0 radical (unpaired) electrons. The normalized spacial score (nSPS) is 20.3. The average Bonchev–Trinajstić information content (AvgIpc) is 3.58. The fraction of sp³-hybridized carbons (Fsp3) is 0.480. The van der Waals surface area contributed by atoms with Crippen molar-refractivity contribution in [3.05, 3.63) is 53.3 Å². The van der Waals surface area contributed by atoms with E-state index in [1.807, 2.05) is 0 Å². The number of alkyl halides is 2. The number of amides is 1. The Hall–Kier alpha value is -3.31. The van der Waals surface area contributed by atoms with Crippen molar-refractivity contribution in [2.24, 2.45) is 11.7 Å². The van der Waals surface area contributed by atoms with Gasteiger partial charge in [-0.3, -0.25) is 4.79 Å². The van der Waals surface area contributed by atoms with Crippen LogP contribution in [0.15, 0.2) is 36.5 Å². The molecule has 1 saturated carbocycles. The van der Waals surface area contributed by atoms with Crippen LogP contribution in [0.1, 0.15) is 59.9 Å². The van der Waals surface area contributed by atoms with Crippen molar-refractivity contribution in [1.29, 1.82) is 0 Å². The van der Waals surface area contributed by atoms with E-state index in [0.717, 1.165) is 18.4 Å². The van der Waals surface area contributed by atoms with Crippen LogP contribution in [0.25, 0.3) is 0 Å². The quantitative estimate of drug-likeness (QED) is 0.373. The molecule has 1 aromatic heterocycles. The molecule has 2 fully saturated rings. The molecular weight excluding hydrogens is 476 g/mol. The topological polar surface area (TPSA) is 124 Å². The number of aliphatic hydroxyl groups is 1. The van der Waals surface area contributed by atoms with Gasteiger partial charge in [0, 0.05) is 31.1 Å². The number of aromatic nitrogens is 1. The third-order valence-electron chi connectivity index (χ3n) is 6.39. The number of carbonyl (C=O) groups excluding carboxylic acids is 2. The number of hydrogen-bond donors (Lipinski definition) is 2. The van der Waals surface area contributed by atoms with Crippen LogP contribution in [0.4, 0.5) is 8.78 Å². The third-order valence-corrected chi connectivity index (χ3v) is 6.39. The Morgan fingerprint density at radius 1 is 1.19 bits per heavy atom. The van der Waals surface area contributed by atoms with Crippen molar-refractivity contribution in [2.45, 2.75) is 51.0 Å². The van der Waals surface area contributed by atoms with E-state index in [1.54, 1.807) is 17.0 Å². The summed E-state index contributed by atoms with van der Waals surface area (Å²) < 4.78 is 41.5. The summed E-state index contributed by atoms with van der Waals surface area (Å²) >= 11 is 0. The van der Waals surface area contributed by atoms with Crippen LogP contribution in [-0.4, -0.2) is 59.3 Å². The molecule has 2 aliphatic rings. The van der Waals surface area contributed by atoms with E-state index in [9.17, 15) is 23.5 Å². The fourth-order valence-electron chi connectivity index (χ4n) is 4.23. The van der Waals surface area contributed by atoms with Gasteiger partial charge < -0.3 is 30.0 Å². The number of ether oxygens (including phenoxy) is 3. The van der Waals surface area contributed by atoms with Crippen molar-refractivity contribution in [1.82, 2.24) is 9.88 Å². The van der Waals surface area contributed by atoms with Gasteiger partial charge in [-0.05, 0) is 48.9 Å². The molecule has 1 aromatic carbocycles. The summed E-state index contributed by atoms with van der Waals surface area (Å²) in [6, 6.07) is 7.36. The van der Waals surface area contributed by atoms with Gasteiger partial charge in [-0.2, -0.15) is 8.78 Å². The highest BCUT2D eigenvalue weighted by Crippen LogP contribution is 2.39. The minimum atomic E-state index is -2.97. The zero-order chi connectivity index (χ0) is 25.8. The van der Waals surface area contributed by atoms with Crippen molar-refractivity contribution < 1.29 is 37.7 Å². The zero-order valence-electron chi connectivity index (χ0n) is 19.8. The highest BCUT2D eigenvalue weighted by atomic mass is 19.3. The van der Waals surface area contributed by atoms with Gasteiger partial charge in [0.1, 0.15) is 18.5 Å². The molecule has 1 aliphatic heterocycles. The summed E-state index contributed by atoms with van der Waals surface area (Å²) in [6.45, 7) is -0.736. The number of aliphatic hydroxyl groups excluding tert-OH is 1. The molecule has 4 rings (SSSR count). The van der Waals surface area contributed by atoms with Crippen LogP contribution >= 0.6 is 0 Å². The maximum Gasteiger partial charge on any atom is 0.387 e. The second-order valence-electron chi connectivity index (χ2n) is 9.12. The van der Waals surface area contributed by atoms with E-state index in [0.29, 0.717) is 31.1 Å². The van der Waals surface area contributed by atoms with E-state index in [4.69, 9.17) is 15.2 Å². The molecule has 194 valence electrons. The maximum atomic E-state index is 12.8. The van der Waals surface area contributed by atoms with Gasteiger partial charge in [-0.1, -0.05) is 12.1 Å². The molecular formula is C25H29F2N3O6. The summed E-state index contributed by atoms with van der Waals surface area (Å²) in [4.78, 5) is 30.3. The van der Waals surface area contributed by atoms with Crippen LogP contribution in [0.3, 0.4) is 0 Å². The molecule has 3 N–H and O–H groups in total. The van der Waals surface area contributed by atoms with E-state index in [2.05, 4.69) is 9.72 Å². The van der Waals surface area contributed by atoms with E-state index in [-0.39, 0.29) is 41.7 Å². The molecule has 1 aliphatic carbocycles. The largest absolute Gasteiger partial charge is 0.489 e. The number of benzene rings is 1. The van der Waals surface area contributed by atoms with Crippen molar-refractivity contribution in [3.8, 4) is 11.5 Å². The number of nitrogens with zero attached hydrogens (tertiary/aromatic N) is 2. The van der Waals surface area contributed by atoms with Crippen LogP contribution in [0.5, 0.6) is 11.5 Å². The molecule has 2 aromatic rings. The number of rotatable bonds is 10. The molecule has 1 unspecified atom stereocenters. The number of nitrogens with two attached hydrogens (primary N) is 1. The Morgan fingerprint density at radius 2 is 1.97 bits per heavy atom. The molecule has 1 amide bonds. The van der Waals surface area contributed by atoms with E-state index in [1.165, 1.54) is 31.3 Å². The van der Waals surface area contributed by atoms with E-state index >= 15 is 0 Å². The second kappa shape index (κ2) is 11.2. The highest BCUT2D eigenvalue weighted by molar-refractivity contribution is 5.87. The first-order valence-corrected chi connectivity index (χ1v) is 11.8. The van der Waals surface area contributed by atoms with Crippen LogP contribution in [0, 0.1) is 5.92 Å². The number of esters is 1. The Bertz CT molecular complexity index is 1080. The van der Waals surface area contributed by atoms with Gasteiger partial charge in [-0.15, -0.1) is 0 Å². The zero-order valence-corrected chi connectivity index (χ0v) is 19.8. The van der Waals surface area contributed by atoms with Gasteiger partial charge >= 0.3 is 12.6 Å². The smallest absolute Gasteiger partial charge is 0.387 e. The Balaban J connectivity index is 1.43. The van der Waals surface area contributed by atoms with Crippen molar-refractivity contribution in [2.75, 3.05) is 19.8 Å². The Kier molecular flexibility index (Phi) is 8.00. The summed E-state index contributed by atoms with van der Waals surface area (Å²) in [5, 5.41) is 9.36. The molecule has 11 heteroatoms. The standard InChI is InChI=1S/C25H29F2N3O6/c1-14(31)30-11-18(8-19(30)13-35-24(33)20-6-4-17(10-29-20)23(28)32)16-5-7-21(36-25(26)27)22(9-16)34-12-15-2-3-15/h4-7,9-10,15,18-19,23,25,32H,2-3,8,11-13,28H2,1H3/t18-,19-,23?/m1/s1. The van der Waals surface area contributed by atoms with Crippen molar-refractivity contribution in [3.63, 3.8) is 0 Å². The summed E-state index contributed by atoms with van der Waals surface area (Å²) in [7, 11) is 0. The lowest BCUT2D eigenvalue weighted by atomic mass is 9.96. The Morgan fingerprint density at radius 3 is 2.58 bits per heavy atom. The highest BCUT2D eigenvalue weighted by Gasteiger charge is 2.36. The minimum absolute atomic E-state index is 0.0260. The fourth-order valence-corrected chi connectivity index (χ4v) is 4.23. The second-order valence-corrected chi connectivity index (χ2v) is 9.12. The van der Waals surface area contributed by atoms with Gasteiger partial charge in [0.2, 0.25) is 5.91 Å². The molecule has 0 bridgehead atoms. The lowest BCUT2D eigenvalue weighted by Crippen LogP contribution is -2.37. The van der Waals surface area contributed by atoms with E-state index < -0.39 is 18.8 Å². The van der Waals surface area contributed by atoms with Gasteiger partial charge in [-0.25, -0.2) is 9.78 Å². The average molecular weight is 506 g/mol. The third kappa shape index (κ3) is 6.46. The number of hydrogen-bond acceptors (Lipinski definition) is 8. The monoisotopic (exact) mass is 505 g/mol. The number of carbonyl (C=O) groups is 2. The van der Waals surface area contributed by atoms with Gasteiger partial charge in [0.15, 0.2) is 11.5 Å². The lowest BCUT2D eigenvalue weighted by molar-refractivity contribution is -0.130. The molecule has 0 spiro atoms. The predicted octanol–water partition coefficient (Wildman–Crippen LogP) is 2.98. The summed E-state index contributed by atoms with van der Waals surface area (Å²) in [5.41, 5.74) is 6.60. The molecule has 36 heavy (non-hydrogen) atoms. The van der Waals surface area contributed by atoms with Crippen LogP contribution in [-0.2, 0) is 9.53 Å². The maximum absolute atomic E-state index is 12.8.